The molecule has 3 aromatic carbocycles. The van der Waals surface area contributed by atoms with Gasteiger partial charge in [-0.1, -0.05) is 6.92 Å². The first-order chi connectivity index (χ1) is 14.6. The van der Waals surface area contributed by atoms with Crippen LogP contribution in [-0.2, 0) is 13.0 Å². The number of hydrogen-bond acceptors (Lipinski definition) is 5. The van der Waals surface area contributed by atoms with E-state index in [1.807, 2.05) is 0 Å². The zero-order valence-electron chi connectivity index (χ0n) is 18.8. The number of benzene rings is 3. The largest absolute Gasteiger partial charge is 0.493 e. The summed E-state index contributed by atoms with van der Waals surface area (Å²) in [7, 11) is 6.78. The molecule has 0 spiro atoms. The molecule has 160 valence electrons. The van der Waals surface area contributed by atoms with Crippen LogP contribution < -0.4 is 18.9 Å². The van der Waals surface area contributed by atoms with Crippen molar-refractivity contribution in [2.75, 3.05) is 41.5 Å². The molecule has 0 aromatic heterocycles. The van der Waals surface area contributed by atoms with Gasteiger partial charge in [-0.15, -0.1) is 0 Å². The Morgan fingerprint density at radius 1 is 0.800 bits per heavy atom. The highest BCUT2D eigenvalue weighted by Crippen LogP contribution is 2.46. The topological polar surface area (TPSA) is 40.2 Å². The number of rotatable bonds is 6. The summed E-state index contributed by atoms with van der Waals surface area (Å²) in [4.78, 5) is 2.54. The van der Waals surface area contributed by atoms with E-state index in [1.165, 1.54) is 32.7 Å². The number of aryl methyl sites for hydroxylation is 1. The second-order valence-corrected chi connectivity index (χ2v) is 7.90. The van der Waals surface area contributed by atoms with Crippen molar-refractivity contribution < 1.29 is 18.9 Å². The van der Waals surface area contributed by atoms with E-state index in [-0.39, 0.29) is 0 Å². The van der Waals surface area contributed by atoms with Crippen molar-refractivity contribution in [1.29, 1.82) is 0 Å². The first-order valence-electron chi connectivity index (χ1n) is 10.5. The fraction of sp³-hybridized carbons (Fsp3) is 0.440. The van der Waals surface area contributed by atoms with Gasteiger partial charge in [-0.05, 0) is 77.2 Å². The van der Waals surface area contributed by atoms with E-state index < -0.39 is 0 Å². The van der Waals surface area contributed by atoms with E-state index in [9.17, 15) is 0 Å². The quantitative estimate of drug-likeness (QED) is 0.530. The predicted octanol–water partition coefficient (Wildman–Crippen LogP) is 5.10. The normalized spacial score (nSPS) is 14.1. The lowest BCUT2D eigenvalue weighted by molar-refractivity contribution is 0.256. The van der Waals surface area contributed by atoms with Crippen molar-refractivity contribution in [3.05, 3.63) is 34.9 Å². The molecule has 0 saturated carbocycles. The summed E-state index contributed by atoms with van der Waals surface area (Å²) in [5.41, 5.74) is 3.87. The third-order valence-corrected chi connectivity index (χ3v) is 6.32. The molecule has 5 heteroatoms. The molecule has 30 heavy (non-hydrogen) atoms. The lowest BCUT2D eigenvalue weighted by atomic mass is 9.85. The highest BCUT2D eigenvalue weighted by Gasteiger charge is 2.25. The molecule has 0 atom stereocenters. The molecule has 3 aromatic rings. The van der Waals surface area contributed by atoms with Crippen molar-refractivity contribution in [3.63, 3.8) is 0 Å². The third kappa shape index (κ3) is 3.12. The number of nitrogens with zero attached hydrogens (tertiary/aromatic N) is 1. The van der Waals surface area contributed by atoms with Gasteiger partial charge in [0.25, 0.3) is 0 Å². The van der Waals surface area contributed by atoms with E-state index in [0.717, 1.165) is 61.0 Å². The van der Waals surface area contributed by atoms with Crippen LogP contribution in [0.15, 0.2) is 18.2 Å². The van der Waals surface area contributed by atoms with Crippen LogP contribution >= 0.6 is 0 Å². The monoisotopic (exact) mass is 409 g/mol. The maximum Gasteiger partial charge on any atom is 0.164 e. The summed E-state index contributed by atoms with van der Waals surface area (Å²) in [5, 5.41) is 4.84. The smallest absolute Gasteiger partial charge is 0.164 e. The van der Waals surface area contributed by atoms with Crippen molar-refractivity contribution in [3.8, 4) is 23.0 Å². The Bertz CT molecular complexity index is 1110. The van der Waals surface area contributed by atoms with Crippen LogP contribution in [0.1, 0.15) is 30.0 Å². The molecule has 1 aliphatic rings. The summed E-state index contributed by atoms with van der Waals surface area (Å²) < 4.78 is 22.7. The van der Waals surface area contributed by atoms with Gasteiger partial charge < -0.3 is 18.9 Å². The molecule has 0 bridgehead atoms. The molecule has 0 aliphatic carbocycles. The Kier molecular flexibility index (Phi) is 5.65. The van der Waals surface area contributed by atoms with E-state index in [1.54, 1.807) is 28.4 Å². The summed E-state index contributed by atoms with van der Waals surface area (Å²) in [6.45, 7) is 7.47. The van der Waals surface area contributed by atoms with Crippen molar-refractivity contribution >= 4 is 21.5 Å². The molecule has 0 amide bonds. The first kappa shape index (κ1) is 20.6. The molecule has 1 heterocycles. The zero-order chi connectivity index (χ0) is 21.4. The van der Waals surface area contributed by atoms with Crippen LogP contribution in [0, 0.1) is 6.92 Å². The number of methoxy groups -OCH3 is 4. The lowest BCUT2D eigenvalue weighted by Crippen LogP contribution is -2.31. The van der Waals surface area contributed by atoms with Crippen LogP contribution in [0.2, 0.25) is 0 Å². The third-order valence-electron chi connectivity index (χ3n) is 6.32. The zero-order valence-corrected chi connectivity index (χ0v) is 18.8. The average Bonchev–Trinajstić information content (AvgIpc) is 2.77. The molecule has 4 rings (SSSR count). The maximum absolute atomic E-state index is 5.73. The van der Waals surface area contributed by atoms with Crippen LogP contribution in [0.3, 0.4) is 0 Å². The van der Waals surface area contributed by atoms with Gasteiger partial charge in [-0.25, -0.2) is 0 Å². The average molecular weight is 410 g/mol. The van der Waals surface area contributed by atoms with Gasteiger partial charge in [0.05, 0.1) is 28.4 Å². The second kappa shape index (κ2) is 8.23. The molecular weight excluding hydrogens is 378 g/mol. The minimum atomic E-state index is 0.738. The predicted molar refractivity (Wildman–Crippen MR) is 122 cm³/mol. The second-order valence-electron chi connectivity index (χ2n) is 7.90. The number of fused-ring (bicyclic) bond motifs is 6. The molecule has 1 aliphatic heterocycles. The summed E-state index contributed by atoms with van der Waals surface area (Å²) in [5.74, 6) is 3.06. The van der Waals surface area contributed by atoms with Gasteiger partial charge in [0, 0.05) is 18.7 Å². The fourth-order valence-electron chi connectivity index (χ4n) is 4.97. The maximum atomic E-state index is 5.73. The molecule has 0 unspecified atom stereocenters. The SMILES string of the molecule is CCCN1CCc2c(c3cc(OC)c(OC)cc3c3c(C)c(OC)c(OC)cc23)C1. The van der Waals surface area contributed by atoms with Gasteiger partial charge in [0.15, 0.2) is 23.0 Å². The van der Waals surface area contributed by atoms with Crippen LogP contribution in [-0.4, -0.2) is 46.4 Å². The van der Waals surface area contributed by atoms with Crippen molar-refractivity contribution in [2.45, 2.75) is 33.2 Å². The molecule has 0 fully saturated rings. The Balaban J connectivity index is 2.15. The molecule has 0 saturated heterocycles. The molecule has 0 N–H and O–H groups in total. The molecular formula is C25H31NO4. The highest BCUT2D eigenvalue weighted by atomic mass is 16.5. The van der Waals surface area contributed by atoms with Gasteiger partial charge in [0.2, 0.25) is 0 Å². The summed E-state index contributed by atoms with van der Waals surface area (Å²) >= 11 is 0. The Labute approximate surface area is 178 Å². The lowest BCUT2D eigenvalue weighted by Gasteiger charge is -2.31. The number of ether oxygens (including phenoxy) is 4. The summed E-state index contributed by atoms with van der Waals surface area (Å²) in [6.07, 6.45) is 2.17. The molecule has 0 radical (unpaired) electrons. The van der Waals surface area contributed by atoms with E-state index in [0.29, 0.717) is 0 Å². The van der Waals surface area contributed by atoms with E-state index in [4.69, 9.17) is 18.9 Å². The van der Waals surface area contributed by atoms with Crippen molar-refractivity contribution in [2.24, 2.45) is 0 Å². The Hall–Kier alpha value is -2.66. The van der Waals surface area contributed by atoms with Gasteiger partial charge in [0.1, 0.15) is 0 Å². The standard InChI is InChI=1S/C25H31NO4/c1-7-9-26-10-8-16-18-13-23(29-5)25(30-6)15(2)24(18)19-12-22(28-4)21(27-3)11-17(19)20(16)14-26/h11-13H,7-10,14H2,1-6H3. The van der Waals surface area contributed by atoms with E-state index in [2.05, 4.69) is 36.9 Å². The van der Waals surface area contributed by atoms with Crippen LogP contribution in [0.4, 0.5) is 0 Å². The Morgan fingerprint density at radius 2 is 1.43 bits per heavy atom. The number of hydrogen-bond donors (Lipinski definition) is 0. The first-order valence-corrected chi connectivity index (χ1v) is 10.5. The minimum Gasteiger partial charge on any atom is -0.493 e. The highest BCUT2D eigenvalue weighted by molar-refractivity contribution is 6.14. The van der Waals surface area contributed by atoms with Crippen LogP contribution in [0.5, 0.6) is 23.0 Å². The summed E-state index contributed by atoms with van der Waals surface area (Å²) in [6, 6.07) is 6.39. The minimum absolute atomic E-state index is 0.738. The molecule has 5 nitrogen and oxygen atoms in total. The van der Waals surface area contributed by atoms with Gasteiger partial charge in [-0.3, -0.25) is 4.90 Å². The van der Waals surface area contributed by atoms with E-state index >= 15 is 0 Å². The van der Waals surface area contributed by atoms with Gasteiger partial charge >= 0.3 is 0 Å². The van der Waals surface area contributed by atoms with Crippen molar-refractivity contribution in [1.82, 2.24) is 4.90 Å². The van der Waals surface area contributed by atoms with Gasteiger partial charge in [-0.2, -0.15) is 0 Å². The fourth-order valence-corrected chi connectivity index (χ4v) is 4.97. The van der Waals surface area contributed by atoms with Crippen LogP contribution in [0.25, 0.3) is 21.5 Å². The Morgan fingerprint density at radius 3 is 2.03 bits per heavy atom.